The quantitative estimate of drug-likeness (QED) is 0.115. The van der Waals surface area contributed by atoms with Crippen LogP contribution in [0.15, 0.2) is 502 Å². The van der Waals surface area contributed by atoms with Gasteiger partial charge in [-0.3, -0.25) is 0 Å². The first-order valence-electron chi connectivity index (χ1n) is 50.7. The first-order chi connectivity index (χ1) is 73.4. The largest absolute Gasteiger partial charge is 0.456 e. The van der Waals surface area contributed by atoms with Crippen LogP contribution in [0.5, 0.6) is 0 Å². The summed E-state index contributed by atoms with van der Waals surface area (Å²) in [5.74, 6) is 0. The monoisotopic (exact) mass is 1940 g/mol. The highest BCUT2D eigenvalue weighted by Gasteiger charge is 2.30. The molecule has 10 aromatic heterocycles. The first-order valence-corrected chi connectivity index (χ1v) is 53.2. The van der Waals surface area contributed by atoms with E-state index in [0.717, 1.165) is 73.9 Å². The van der Waals surface area contributed by atoms with E-state index in [2.05, 4.69) is 525 Å². The summed E-state index contributed by atoms with van der Waals surface area (Å²) in [5, 5.41) is 24.4. The molecule has 22 aromatic carbocycles. The number of fused-ring (bicyclic) bond motifs is 30. The Morgan fingerprint density at radius 1 is 0.196 bits per heavy atom. The molecule has 0 bridgehead atoms. The molecule has 10 heteroatoms. The number of thiophene rings is 3. The Hall–Kier alpha value is -18.4. The van der Waals surface area contributed by atoms with Crippen LogP contribution < -0.4 is 14.7 Å². The van der Waals surface area contributed by atoms with Gasteiger partial charge in [-0.2, -0.15) is 0 Å². The minimum Gasteiger partial charge on any atom is -0.456 e. The predicted octanol–water partition coefficient (Wildman–Crippen LogP) is 39.7. The number of aromatic nitrogens is 3. The van der Waals surface area contributed by atoms with Crippen LogP contribution in [0.2, 0.25) is 0 Å². The van der Waals surface area contributed by atoms with Gasteiger partial charge in [-0.05, 0) is 262 Å². The van der Waals surface area contributed by atoms with Gasteiger partial charge in [-0.15, -0.1) is 34.0 Å². The van der Waals surface area contributed by atoms with Crippen LogP contribution in [0.1, 0.15) is 10.4 Å². The van der Waals surface area contributed by atoms with Crippen LogP contribution in [-0.2, 0) is 6.42 Å². The van der Waals surface area contributed by atoms with Gasteiger partial charge in [0.15, 0.2) is 0 Å². The van der Waals surface area contributed by atoms with Gasteiger partial charge in [0, 0.05) is 177 Å². The van der Waals surface area contributed by atoms with E-state index in [1.807, 2.05) is 40.1 Å². The van der Waals surface area contributed by atoms with Gasteiger partial charge in [0.25, 0.3) is 0 Å². The van der Waals surface area contributed by atoms with Crippen molar-refractivity contribution in [3.05, 3.63) is 508 Å². The summed E-state index contributed by atoms with van der Waals surface area (Å²) in [4.78, 5) is 8.68. The fraction of sp³-hybridized carbons (Fsp3) is 0.0145. The van der Waals surface area contributed by atoms with E-state index in [1.54, 1.807) is 0 Å². The minimum atomic E-state index is 0.137. The molecular formula is C138H86N6OS3. The highest BCUT2D eigenvalue weighted by Crippen LogP contribution is 2.52. The summed E-state index contributed by atoms with van der Waals surface area (Å²) < 4.78 is 20.3. The molecule has 692 valence electrons. The number of rotatable bonds is 13. The SMILES string of the molecule is C1=CC(N(c2ccc(-c3cc4c5ccccc5n5c6ccccc6c(c3)c45)cc2)c2ccc3c(c2)oc2ccccc23)Cc2c1sc1ccccc21.c1ccc(-c2ccc(N(c3ccc(-c4cc5c6ccccc6n6c7ccccc7c(c4)c56)cc3)c3ccc4sc5ccccc5c4c3)cc2)cc1.c1ccc(-c2ccc(N(c3ccc4sc5ccccc5c4c3)c3cc4c5ccccc5n5c6ccccc6c(c3)c45)cc2)cc1. The Bertz CT molecular complexity index is 10700. The second-order valence-corrected chi connectivity index (χ2v) is 42.5. The summed E-state index contributed by atoms with van der Waals surface area (Å²) in [5.41, 5.74) is 33.6. The van der Waals surface area contributed by atoms with Crippen molar-refractivity contribution in [3.8, 4) is 44.5 Å². The number of benzene rings is 22. The highest BCUT2D eigenvalue weighted by atomic mass is 32.1. The standard InChI is InChI=1S/C48H30N2OS.C48H30N2S.C42H26N2S/c1-5-13-42-34(9-1)40-25-30(26-41-35-10-2-6-14-43(35)50(42)48(40)41)29-17-19-31(20-18-29)49(32-22-24-47-39(27-32)38-12-4-8-16-46(38)52-47)33-21-23-37-36-11-3-7-15-44(36)51-45(37)28-33;1-2-10-31(11-3-1)32-18-22-35(23-19-32)49(37-26-27-47-41(30-37)40-14-6-9-17-46(40)51-47)36-24-20-33(21-25-36)34-28-42-38-12-4-7-15-44(38)50-45-16-8-5-13-39(45)43(29-34)48(42)50;1-2-10-27(11-3-1)28-18-20-29(21-19-28)43(30-22-23-41-35(24-30)34-14-6-9-17-40(34)45-41)31-25-36-32-12-4-7-15-38(32)44-39-16-8-5-13-33(39)37(26-31)42(36)44/h1-26,28,32H,27H2;1-30H;1-26H. The maximum Gasteiger partial charge on any atom is 0.137 e. The van der Waals surface area contributed by atoms with Crippen molar-refractivity contribution >= 4 is 272 Å². The Morgan fingerprint density at radius 2 is 0.493 bits per heavy atom. The Morgan fingerprint density at radius 3 is 0.912 bits per heavy atom. The van der Waals surface area contributed by atoms with Gasteiger partial charge in [0.1, 0.15) is 11.2 Å². The van der Waals surface area contributed by atoms with Gasteiger partial charge in [0.05, 0.1) is 55.7 Å². The van der Waals surface area contributed by atoms with Gasteiger partial charge in [0.2, 0.25) is 0 Å². The zero-order chi connectivity index (χ0) is 96.9. The third-order valence-electron chi connectivity index (χ3n) is 31.1. The molecule has 0 saturated heterocycles. The third kappa shape index (κ3) is 13.3. The van der Waals surface area contributed by atoms with Crippen LogP contribution in [-0.4, -0.2) is 19.2 Å². The van der Waals surface area contributed by atoms with Gasteiger partial charge < -0.3 is 32.3 Å². The van der Waals surface area contributed by atoms with Crippen molar-refractivity contribution in [2.24, 2.45) is 0 Å². The molecule has 0 amide bonds. The molecule has 33 rings (SSSR count). The van der Waals surface area contributed by atoms with Gasteiger partial charge >= 0.3 is 0 Å². The third-order valence-corrected chi connectivity index (χ3v) is 34.6. The van der Waals surface area contributed by atoms with E-state index in [9.17, 15) is 0 Å². The van der Waals surface area contributed by atoms with Crippen LogP contribution in [0.4, 0.5) is 45.5 Å². The average Bonchev–Trinajstić information content (AvgIpc) is 1.55. The van der Waals surface area contributed by atoms with Crippen LogP contribution >= 0.6 is 34.0 Å². The van der Waals surface area contributed by atoms with E-state index >= 15 is 0 Å². The molecule has 1 aliphatic carbocycles. The smallest absolute Gasteiger partial charge is 0.137 e. The van der Waals surface area contributed by atoms with Gasteiger partial charge in [-0.1, -0.05) is 297 Å². The van der Waals surface area contributed by atoms with E-state index in [-0.39, 0.29) is 6.04 Å². The second kappa shape index (κ2) is 33.6. The first kappa shape index (κ1) is 84.1. The summed E-state index contributed by atoms with van der Waals surface area (Å²) >= 11 is 5.61. The molecule has 1 unspecified atom stereocenters. The molecule has 7 nitrogen and oxygen atoms in total. The molecule has 0 saturated carbocycles. The number of para-hydroxylation sites is 7. The fourth-order valence-electron chi connectivity index (χ4n) is 24.4. The number of nitrogens with zero attached hydrogens (tertiary/aromatic N) is 6. The maximum atomic E-state index is 6.41. The highest BCUT2D eigenvalue weighted by molar-refractivity contribution is 7.26. The van der Waals surface area contributed by atoms with Crippen LogP contribution in [0.3, 0.4) is 0 Å². The summed E-state index contributed by atoms with van der Waals surface area (Å²) in [7, 11) is 0. The van der Waals surface area contributed by atoms with Crippen LogP contribution in [0, 0.1) is 0 Å². The van der Waals surface area contributed by atoms with Crippen molar-refractivity contribution in [2.45, 2.75) is 12.5 Å². The molecule has 0 aliphatic heterocycles. The molecule has 1 atom stereocenters. The molecular weight excluding hydrogens is 1850 g/mol. The van der Waals surface area contributed by atoms with E-state index < -0.39 is 0 Å². The normalized spacial score (nSPS) is 12.9. The lowest BCUT2D eigenvalue weighted by Gasteiger charge is -2.34. The second-order valence-electron chi connectivity index (χ2n) is 39.2. The van der Waals surface area contributed by atoms with Crippen molar-refractivity contribution < 1.29 is 4.42 Å². The molecule has 0 fully saturated rings. The van der Waals surface area contributed by atoms with Crippen molar-refractivity contribution in [3.63, 3.8) is 0 Å². The lowest BCUT2D eigenvalue weighted by molar-refractivity contribution is 0.668. The van der Waals surface area contributed by atoms with Crippen molar-refractivity contribution in [2.75, 3.05) is 14.7 Å². The van der Waals surface area contributed by atoms with Crippen molar-refractivity contribution in [1.82, 2.24) is 13.2 Å². The number of hydrogen-bond acceptors (Lipinski definition) is 7. The minimum absolute atomic E-state index is 0.137. The fourth-order valence-corrected chi connectivity index (χ4v) is 27.7. The average molecular weight is 1940 g/mol. The van der Waals surface area contributed by atoms with Crippen molar-refractivity contribution in [1.29, 1.82) is 0 Å². The molecule has 148 heavy (non-hydrogen) atoms. The summed E-state index contributed by atoms with van der Waals surface area (Å²) in [6.07, 6.45) is 5.65. The molecule has 0 N–H and O–H groups in total. The lowest BCUT2D eigenvalue weighted by atomic mass is 9.95. The van der Waals surface area contributed by atoms with Gasteiger partial charge in [-0.25, -0.2) is 0 Å². The molecule has 1 aliphatic rings. The number of hydrogen-bond donors (Lipinski definition) is 0. The number of furan rings is 1. The molecule has 10 heterocycles. The molecule has 0 spiro atoms. The Kier molecular flexibility index (Phi) is 19.1. The Balaban J connectivity index is 0.000000101. The topological polar surface area (TPSA) is 36.1 Å². The maximum absolute atomic E-state index is 6.41. The van der Waals surface area contributed by atoms with E-state index in [4.69, 9.17) is 4.42 Å². The summed E-state index contributed by atoms with van der Waals surface area (Å²) in [6, 6.07) is 180. The lowest BCUT2D eigenvalue weighted by Crippen LogP contribution is -2.32. The molecule has 0 radical (unpaired) electrons. The number of anilines is 8. The van der Waals surface area contributed by atoms with E-state index in [0.29, 0.717) is 0 Å². The van der Waals surface area contributed by atoms with Crippen LogP contribution in [0.25, 0.3) is 237 Å². The zero-order valence-electron chi connectivity index (χ0n) is 80.0. The summed E-state index contributed by atoms with van der Waals surface area (Å²) in [6.45, 7) is 0. The van der Waals surface area contributed by atoms with E-state index in [1.165, 1.54) is 220 Å². The Labute approximate surface area is 862 Å². The molecule has 32 aromatic rings. The predicted molar refractivity (Wildman–Crippen MR) is 634 cm³/mol. The zero-order valence-corrected chi connectivity index (χ0v) is 82.5.